The average Bonchev–Trinajstić information content (AvgIpc) is 2.86. The lowest BCUT2D eigenvalue weighted by Gasteiger charge is -2.19. The van der Waals surface area contributed by atoms with Crippen molar-refractivity contribution in [2.45, 2.75) is 32.7 Å². The van der Waals surface area contributed by atoms with E-state index in [1.807, 2.05) is 19.1 Å². The standard InChI is InChI=1S/C13H24N2O3S/c1-4-12(13-8-6-11-18-13)14-9-7-10-15(5-2)19(3,16)17/h6,8,11-12,14H,4-5,7,9-10H2,1-3H3. The molecule has 0 fully saturated rings. The van der Waals surface area contributed by atoms with Gasteiger partial charge in [-0.15, -0.1) is 0 Å². The van der Waals surface area contributed by atoms with Gasteiger partial charge in [-0.2, -0.15) is 0 Å². The highest BCUT2D eigenvalue weighted by Gasteiger charge is 2.14. The molecular formula is C13H24N2O3S. The molecule has 0 bridgehead atoms. The first-order chi connectivity index (χ1) is 8.99. The molecule has 0 saturated carbocycles. The van der Waals surface area contributed by atoms with Crippen LogP contribution in [0.3, 0.4) is 0 Å². The lowest BCUT2D eigenvalue weighted by atomic mass is 10.1. The number of hydrogen-bond donors (Lipinski definition) is 1. The van der Waals surface area contributed by atoms with Gasteiger partial charge in [0.15, 0.2) is 0 Å². The summed E-state index contributed by atoms with van der Waals surface area (Å²) in [4.78, 5) is 0. The van der Waals surface area contributed by atoms with Crippen LogP contribution in [0, 0.1) is 0 Å². The van der Waals surface area contributed by atoms with Crippen LogP contribution >= 0.6 is 0 Å². The van der Waals surface area contributed by atoms with Gasteiger partial charge in [-0.25, -0.2) is 12.7 Å². The summed E-state index contributed by atoms with van der Waals surface area (Å²) in [7, 11) is -3.08. The zero-order chi connectivity index (χ0) is 14.3. The Labute approximate surface area is 116 Å². The van der Waals surface area contributed by atoms with E-state index < -0.39 is 10.0 Å². The summed E-state index contributed by atoms with van der Waals surface area (Å²) in [5.41, 5.74) is 0. The highest BCUT2D eigenvalue weighted by atomic mass is 32.2. The van der Waals surface area contributed by atoms with Crippen LogP contribution in [-0.4, -0.2) is 38.6 Å². The molecule has 0 radical (unpaired) electrons. The molecule has 6 heteroatoms. The van der Waals surface area contributed by atoms with Crippen LogP contribution < -0.4 is 5.32 Å². The summed E-state index contributed by atoms with van der Waals surface area (Å²) < 4.78 is 29.7. The number of hydrogen-bond acceptors (Lipinski definition) is 4. The van der Waals surface area contributed by atoms with E-state index in [0.717, 1.165) is 25.1 Å². The summed E-state index contributed by atoms with van der Waals surface area (Å²) in [5.74, 6) is 0.929. The second kappa shape index (κ2) is 7.67. The molecule has 0 amide bonds. The Morgan fingerprint density at radius 3 is 2.63 bits per heavy atom. The Kier molecular flexibility index (Phi) is 6.54. The molecule has 1 atom stereocenters. The fraction of sp³-hybridized carbons (Fsp3) is 0.692. The number of sulfonamides is 1. The topological polar surface area (TPSA) is 62.6 Å². The molecule has 1 aromatic rings. The molecule has 1 heterocycles. The number of nitrogens with one attached hydrogen (secondary N) is 1. The number of nitrogens with zero attached hydrogens (tertiary/aromatic N) is 1. The quantitative estimate of drug-likeness (QED) is 0.706. The highest BCUT2D eigenvalue weighted by Crippen LogP contribution is 2.16. The Hall–Kier alpha value is -0.850. The van der Waals surface area contributed by atoms with Gasteiger partial charge in [0.25, 0.3) is 0 Å². The fourth-order valence-corrected chi connectivity index (χ4v) is 2.96. The lowest BCUT2D eigenvalue weighted by molar-refractivity contribution is 0.381. The number of furan rings is 1. The van der Waals surface area contributed by atoms with Gasteiger partial charge in [0, 0.05) is 13.1 Å². The molecule has 0 saturated heterocycles. The van der Waals surface area contributed by atoms with Crippen LogP contribution in [0.2, 0.25) is 0 Å². The minimum absolute atomic E-state index is 0.198. The van der Waals surface area contributed by atoms with Crippen molar-refractivity contribution in [3.8, 4) is 0 Å². The molecule has 5 nitrogen and oxygen atoms in total. The largest absolute Gasteiger partial charge is 0.468 e. The lowest BCUT2D eigenvalue weighted by Crippen LogP contribution is -2.33. The van der Waals surface area contributed by atoms with Crippen molar-refractivity contribution >= 4 is 10.0 Å². The predicted molar refractivity (Wildman–Crippen MR) is 76.5 cm³/mol. The zero-order valence-corrected chi connectivity index (χ0v) is 12.7. The van der Waals surface area contributed by atoms with Crippen LogP contribution in [0.1, 0.15) is 38.5 Å². The fourth-order valence-electron chi connectivity index (χ4n) is 2.03. The molecule has 1 unspecified atom stereocenters. The van der Waals surface area contributed by atoms with E-state index in [9.17, 15) is 8.42 Å². The minimum atomic E-state index is -3.08. The van der Waals surface area contributed by atoms with E-state index >= 15 is 0 Å². The normalized spacial score (nSPS) is 13.9. The van der Waals surface area contributed by atoms with E-state index in [1.165, 1.54) is 10.6 Å². The zero-order valence-electron chi connectivity index (χ0n) is 11.9. The molecule has 1 rings (SSSR count). The molecule has 0 aliphatic carbocycles. The number of rotatable bonds is 9. The maximum atomic E-state index is 11.4. The third-order valence-corrected chi connectivity index (χ3v) is 4.47. The van der Waals surface area contributed by atoms with Crippen molar-refractivity contribution in [1.29, 1.82) is 0 Å². The maximum Gasteiger partial charge on any atom is 0.211 e. The van der Waals surface area contributed by atoms with Gasteiger partial charge in [-0.3, -0.25) is 0 Å². The molecule has 1 N–H and O–H groups in total. The molecule has 0 spiro atoms. The van der Waals surface area contributed by atoms with Gasteiger partial charge < -0.3 is 9.73 Å². The second-order valence-electron chi connectivity index (χ2n) is 4.54. The van der Waals surface area contributed by atoms with Gasteiger partial charge in [0.2, 0.25) is 10.0 Å². The van der Waals surface area contributed by atoms with Crippen LogP contribution in [-0.2, 0) is 10.0 Å². The van der Waals surface area contributed by atoms with Crippen LogP contribution in [0.15, 0.2) is 22.8 Å². The smallest absolute Gasteiger partial charge is 0.211 e. The first kappa shape index (κ1) is 16.2. The third-order valence-electron chi connectivity index (χ3n) is 3.09. The Balaban J connectivity index is 2.34. The van der Waals surface area contributed by atoms with Gasteiger partial charge in [0.05, 0.1) is 18.6 Å². The van der Waals surface area contributed by atoms with E-state index in [2.05, 4.69) is 12.2 Å². The van der Waals surface area contributed by atoms with E-state index in [0.29, 0.717) is 13.1 Å². The van der Waals surface area contributed by atoms with Crippen LogP contribution in [0.5, 0.6) is 0 Å². The molecular weight excluding hydrogens is 264 g/mol. The molecule has 0 aliphatic heterocycles. The summed E-state index contributed by atoms with van der Waals surface area (Å²) in [6, 6.07) is 4.03. The molecule has 19 heavy (non-hydrogen) atoms. The highest BCUT2D eigenvalue weighted by molar-refractivity contribution is 7.88. The summed E-state index contributed by atoms with van der Waals surface area (Å²) >= 11 is 0. The summed E-state index contributed by atoms with van der Waals surface area (Å²) in [6.07, 6.45) is 4.65. The maximum absolute atomic E-state index is 11.4. The monoisotopic (exact) mass is 288 g/mol. The predicted octanol–water partition coefficient (Wildman–Crippen LogP) is 1.99. The van der Waals surface area contributed by atoms with Gasteiger partial charge >= 0.3 is 0 Å². The minimum Gasteiger partial charge on any atom is -0.468 e. The third kappa shape index (κ3) is 5.34. The SMILES string of the molecule is CCC(NCCCN(CC)S(C)(=O)=O)c1ccco1. The van der Waals surface area contributed by atoms with Gasteiger partial charge in [0.1, 0.15) is 5.76 Å². The van der Waals surface area contributed by atoms with Crippen LogP contribution in [0.4, 0.5) is 0 Å². The van der Waals surface area contributed by atoms with Gasteiger partial charge in [-0.1, -0.05) is 13.8 Å². The first-order valence-electron chi connectivity index (χ1n) is 6.71. The van der Waals surface area contributed by atoms with E-state index in [1.54, 1.807) is 6.26 Å². The second-order valence-corrected chi connectivity index (χ2v) is 6.52. The van der Waals surface area contributed by atoms with Crippen molar-refractivity contribution in [3.05, 3.63) is 24.2 Å². The molecule has 0 aromatic carbocycles. The van der Waals surface area contributed by atoms with Gasteiger partial charge in [-0.05, 0) is 31.5 Å². The Morgan fingerprint density at radius 2 is 2.16 bits per heavy atom. The summed E-state index contributed by atoms with van der Waals surface area (Å²) in [5, 5.41) is 3.39. The van der Waals surface area contributed by atoms with Crippen LogP contribution in [0.25, 0.3) is 0 Å². The average molecular weight is 288 g/mol. The summed E-state index contributed by atoms with van der Waals surface area (Å²) in [6.45, 7) is 5.79. The Morgan fingerprint density at radius 1 is 1.42 bits per heavy atom. The molecule has 0 aliphatic rings. The van der Waals surface area contributed by atoms with E-state index in [4.69, 9.17) is 4.42 Å². The van der Waals surface area contributed by atoms with Crippen molar-refractivity contribution in [2.75, 3.05) is 25.9 Å². The first-order valence-corrected chi connectivity index (χ1v) is 8.55. The van der Waals surface area contributed by atoms with E-state index in [-0.39, 0.29) is 6.04 Å². The molecule has 1 aromatic heterocycles. The van der Waals surface area contributed by atoms with Crippen molar-refractivity contribution < 1.29 is 12.8 Å². The van der Waals surface area contributed by atoms with Crippen molar-refractivity contribution in [3.63, 3.8) is 0 Å². The molecule has 110 valence electrons. The Bertz CT molecular complexity index is 442. The van der Waals surface area contributed by atoms with Crippen molar-refractivity contribution in [1.82, 2.24) is 9.62 Å². The van der Waals surface area contributed by atoms with Crippen molar-refractivity contribution in [2.24, 2.45) is 0 Å².